The van der Waals surface area contributed by atoms with Gasteiger partial charge in [-0.25, -0.2) is 9.82 Å². The summed E-state index contributed by atoms with van der Waals surface area (Å²) in [4.78, 5) is 0. The van der Waals surface area contributed by atoms with Crippen LogP contribution in [0.3, 0.4) is 0 Å². The van der Waals surface area contributed by atoms with Crippen LogP contribution < -0.4 is 11.3 Å². The van der Waals surface area contributed by atoms with Crippen molar-refractivity contribution >= 4 is 0 Å². The number of halogens is 1. The van der Waals surface area contributed by atoms with Crippen molar-refractivity contribution in [3.63, 3.8) is 0 Å². The highest BCUT2D eigenvalue weighted by Gasteiger charge is 2.14. The number of aryl methyl sites for hydroxylation is 1. The minimum absolute atomic E-state index is 0.203. The van der Waals surface area contributed by atoms with Crippen molar-refractivity contribution in [1.82, 2.24) is 5.43 Å². The van der Waals surface area contributed by atoms with Crippen LogP contribution in [0, 0.1) is 12.7 Å². The van der Waals surface area contributed by atoms with E-state index < -0.39 is 0 Å². The van der Waals surface area contributed by atoms with E-state index in [4.69, 9.17) is 5.84 Å². The molecule has 0 fully saturated rings. The molecule has 0 bridgehead atoms. The van der Waals surface area contributed by atoms with E-state index >= 15 is 0 Å². The zero-order valence-corrected chi connectivity index (χ0v) is 12.2. The third-order valence-electron chi connectivity index (χ3n) is 3.50. The predicted octanol–water partition coefficient (Wildman–Crippen LogP) is 3.81. The van der Waals surface area contributed by atoms with Crippen molar-refractivity contribution in [3.8, 4) is 0 Å². The van der Waals surface area contributed by atoms with Crippen molar-refractivity contribution in [1.29, 1.82) is 0 Å². The first-order chi connectivity index (χ1) is 9.51. The smallest absolute Gasteiger partial charge is 0.123 e. The summed E-state index contributed by atoms with van der Waals surface area (Å²) >= 11 is 0. The minimum atomic E-state index is -0.237. The number of hydrogen-bond acceptors (Lipinski definition) is 2. The summed E-state index contributed by atoms with van der Waals surface area (Å²) in [5.41, 5.74) is 6.80. The van der Waals surface area contributed by atoms with Gasteiger partial charge in [-0.3, -0.25) is 5.84 Å². The Morgan fingerprint density at radius 1 is 0.950 bits per heavy atom. The molecule has 0 spiro atoms. The van der Waals surface area contributed by atoms with Crippen molar-refractivity contribution in [3.05, 3.63) is 70.5 Å². The minimum Gasteiger partial charge on any atom is -0.271 e. The fraction of sp³-hybridized carbons (Fsp3) is 0.294. The lowest BCUT2D eigenvalue weighted by atomic mass is 9.95. The Morgan fingerprint density at radius 2 is 1.55 bits per heavy atom. The molecule has 0 aromatic heterocycles. The first-order valence-corrected chi connectivity index (χ1v) is 6.84. The molecule has 1 unspecified atom stereocenters. The van der Waals surface area contributed by atoms with E-state index in [0.29, 0.717) is 5.92 Å². The molecule has 0 heterocycles. The molecule has 0 saturated heterocycles. The van der Waals surface area contributed by atoms with Crippen LogP contribution in [0.15, 0.2) is 42.5 Å². The Morgan fingerprint density at radius 3 is 2.05 bits per heavy atom. The normalized spacial score (nSPS) is 12.7. The molecule has 3 N–H and O–H groups in total. The van der Waals surface area contributed by atoms with Crippen LogP contribution in [0.2, 0.25) is 0 Å². The number of benzene rings is 2. The summed E-state index contributed by atoms with van der Waals surface area (Å²) in [6.07, 6.45) is 0. The standard InChI is InChI=1S/C17H21FN2/c1-11(2)13-4-6-14(7-5-13)17(20-19)15-8-12(3)9-16(18)10-15/h4-11,17,20H,19H2,1-3H3. The van der Waals surface area contributed by atoms with Crippen LogP contribution in [0.4, 0.5) is 4.39 Å². The number of hydrazine groups is 1. The quantitative estimate of drug-likeness (QED) is 0.656. The van der Waals surface area contributed by atoms with E-state index in [0.717, 1.165) is 16.7 Å². The number of nitrogens with one attached hydrogen (secondary N) is 1. The van der Waals surface area contributed by atoms with Gasteiger partial charge in [0, 0.05) is 0 Å². The van der Waals surface area contributed by atoms with Gasteiger partial charge in [0.2, 0.25) is 0 Å². The SMILES string of the molecule is Cc1cc(F)cc(C(NN)c2ccc(C(C)C)cc2)c1. The van der Waals surface area contributed by atoms with E-state index in [-0.39, 0.29) is 11.9 Å². The molecule has 0 aliphatic heterocycles. The molecule has 2 rings (SSSR count). The van der Waals surface area contributed by atoms with Crippen molar-refractivity contribution in [2.45, 2.75) is 32.7 Å². The van der Waals surface area contributed by atoms with Gasteiger partial charge in [-0.15, -0.1) is 0 Å². The van der Waals surface area contributed by atoms with Gasteiger partial charge < -0.3 is 0 Å². The van der Waals surface area contributed by atoms with E-state index in [1.807, 2.05) is 25.1 Å². The van der Waals surface area contributed by atoms with E-state index in [9.17, 15) is 4.39 Å². The molecular weight excluding hydrogens is 251 g/mol. The summed E-state index contributed by atoms with van der Waals surface area (Å²) < 4.78 is 13.5. The van der Waals surface area contributed by atoms with Crippen LogP contribution in [-0.2, 0) is 0 Å². The summed E-state index contributed by atoms with van der Waals surface area (Å²) in [6.45, 7) is 6.19. The van der Waals surface area contributed by atoms with Gasteiger partial charge in [0.25, 0.3) is 0 Å². The van der Waals surface area contributed by atoms with E-state index in [2.05, 4.69) is 31.4 Å². The molecular formula is C17H21FN2. The molecule has 106 valence electrons. The molecule has 3 heteroatoms. The molecule has 0 aliphatic carbocycles. The fourth-order valence-corrected chi connectivity index (χ4v) is 2.39. The lowest BCUT2D eigenvalue weighted by Crippen LogP contribution is -2.29. The Hall–Kier alpha value is -1.71. The molecule has 1 atom stereocenters. The molecule has 0 amide bonds. The maximum atomic E-state index is 13.5. The second-order valence-corrected chi connectivity index (χ2v) is 5.48. The Kier molecular flexibility index (Phi) is 4.53. The van der Waals surface area contributed by atoms with Crippen molar-refractivity contribution < 1.29 is 4.39 Å². The lowest BCUT2D eigenvalue weighted by Gasteiger charge is -2.18. The third-order valence-corrected chi connectivity index (χ3v) is 3.50. The van der Waals surface area contributed by atoms with Gasteiger partial charge in [-0.1, -0.05) is 44.2 Å². The van der Waals surface area contributed by atoms with E-state index in [1.54, 1.807) is 0 Å². The highest BCUT2D eigenvalue weighted by Crippen LogP contribution is 2.25. The van der Waals surface area contributed by atoms with Gasteiger partial charge in [-0.05, 0) is 47.2 Å². The van der Waals surface area contributed by atoms with Crippen LogP contribution in [0.25, 0.3) is 0 Å². The zero-order chi connectivity index (χ0) is 14.7. The Bertz CT molecular complexity index is 556. The van der Waals surface area contributed by atoms with Crippen LogP contribution in [0.5, 0.6) is 0 Å². The van der Waals surface area contributed by atoms with Gasteiger partial charge in [0.1, 0.15) is 5.82 Å². The molecule has 2 aromatic carbocycles. The second kappa shape index (κ2) is 6.16. The third kappa shape index (κ3) is 3.24. The second-order valence-electron chi connectivity index (χ2n) is 5.48. The average molecular weight is 272 g/mol. The first-order valence-electron chi connectivity index (χ1n) is 6.84. The van der Waals surface area contributed by atoms with E-state index in [1.165, 1.54) is 17.7 Å². The van der Waals surface area contributed by atoms with Crippen molar-refractivity contribution in [2.75, 3.05) is 0 Å². The van der Waals surface area contributed by atoms with Crippen LogP contribution in [-0.4, -0.2) is 0 Å². The summed E-state index contributed by atoms with van der Waals surface area (Å²) in [6, 6.07) is 13.1. The lowest BCUT2D eigenvalue weighted by molar-refractivity contribution is 0.603. The maximum absolute atomic E-state index is 13.5. The molecule has 2 nitrogen and oxygen atoms in total. The van der Waals surface area contributed by atoms with Gasteiger partial charge in [0.15, 0.2) is 0 Å². The number of nitrogens with two attached hydrogens (primary N) is 1. The summed E-state index contributed by atoms with van der Waals surface area (Å²) in [7, 11) is 0. The molecule has 2 aromatic rings. The molecule has 0 aliphatic rings. The Balaban J connectivity index is 2.36. The maximum Gasteiger partial charge on any atom is 0.123 e. The Labute approximate surface area is 119 Å². The highest BCUT2D eigenvalue weighted by molar-refractivity contribution is 5.36. The molecule has 0 saturated carbocycles. The number of hydrogen-bond donors (Lipinski definition) is 2. The van der Waals surface area contributed by atoms with Gasteiger partial charge in [-0.2, -0.15) is 0 Å². The summed E-state index contributed by atoms with van der Waals surface area (Å²) in [5.74, 6) is 5.92. The molecule has 0 radical (unpaired) electrons. The highest BCUT2D eigenvalue weighted by atomic mass is 19.1. The fourth-order valence-electron chi connectivity index (χ4n) is 2.39. The predicted molar refractivity (Wildman–Crippen MR) is 80.8 cm³/mol. The monoisotopic (exact) mass is 272 g/mol. The van der Waals surface area contributed by atoms with Crippen molar-refractivity contribution in [2.24, 2.45) is 5.84 Å². The largest absolute Gasteiger partial charge is 0.271 e. The van der Waals surface area contributed by atoms with Gasteiger partial charge >= 0.3 is 0 Å². The zero-order valence-electron chi connectivity index (χ0n) is 12.2. The average Bonchev–Trinajstić information content (AvgIpc) is 2.39. The number of rotatable bonds is 4. The first kappa shape index (κ1) is 14.7. The van der Waals surface area contributed by atoms with Crippen LogP contribution >= 0.6 is 0 Å². The van der Waals surface area contributed by atoms with Gasteiger partial charge in [0.05, 0.1) is 6.04 Å². The van der Waals surface area contributed by atoms with Crippen LogP contribution in [0.1, 0.15) is 48.1 Å². The summed E-state index contributed by atoms with van der Waals surface area (Å²) in [5, 5.41) is 0. The molecule has 20 heavy (non-hydrogen) atoms. The topological polar surface area (TPSA) is 38.0 Å².